The van der Waals surface area contributed by atoms with Gasteiger partial charge in [0.05, 0.1) is 22.8 Å². The molecule has 0 saturated heterocycles. The van der Waals surface area contributed by atoms with E-state index in [4.69, 9.17) is 16.3 Å². The van der Waals surface area contributed by atoms with Gasteiger partial charge in [0.1, 0.15) is 0 Å². The first-order valence-corrected chi connectivity index (χ1v) is 5.91. The molecule has 0 aliphatic rings. The second-order valence-corrected chi connectivity index (χ2v) is 4.08. The van der Waals surface area contributed by atoms with Crippen LogP contribution in [0.2, 0.25) is 5.02 Å². The summed E-state index contributed by atoms with van der Waals surface area (Å²) in [4.78, 5) is 11.6. The highest BCUT2D eigenvalue weighted by atomic mass is 35.5. The fourth-order valence-electron chi connectivity index (χ4n) is 1.60. The number of carbonyl (C=O) groups is 1. The minimum absolute atomic E-state index is 0.0678. The Morgan fingerprint density at radius 1 is 1.42 bits per heavy atom. The molecule has 0 unspecified atom stereocenters. The molecule has 0 amide bonds. The quantitative estimate of drug-likeness (QED) is 0.867. The van der Waals surface area contributed by atoms with E-state index in [-0.39, 0.29) is 29.3 Å². The second kappa shape index (κ2) is 6.25. The van der Waals surface area contributed by atoms with Crippen LogP contribution in [0.3, 0.4) is 0 Å². The Morgan fingerprint density at radius 2 is 2.05 bits per heavy atom. The van der Waals surface area contributed by atoms with Gasteiger partial charge in [0, 0.05) is 6.54 Å². The third-order valence-electron chi connectivity index (χ3n) is 2.40. The fourth-order valence-corrected chi connectivity index (χ4v) is 1.91. The van der Waals surface area contributed by atoms with E-state index in [1.165, 1.54) is 7.05 Å². The third-order valence-corrected chi connectivity index (χ3v) is 2.83. The number of hydrogen-bond acceptors (Lipinski definition) is 3. The Kier molecular flexibility index (Phi) is 5.20. The summed E-state index contributed by atoms with van der Waals surface area (Å²) < 4.78 is 43.2. The van der Waals surface area contributed by atoms with Gasteiger partial charge in [-0.15, -0.1) is 0 Å². The summed E-state index contributed by atoms with van der Waals surface area (Å²) in [6, 6.07) is 1.87. The number of alkyl halides is 3. The number of ether oxygens (including phenoxy) is 1. The van der Waals surface area contributed by atoms with Crippen molar-refractivity contribution < 1.29 is 22.7 Å². The van der Waals surface area contributed by atoms with Crippen LogP contribution in [0.25, 0.3) is 0 Å². The summed E-state index contributed by atoms with van der Waals surface area (Å²) in [5.74, 6) is -0.737. The molecule has 0 atom stereocenters. The molecule has 0 aliphatic heterocycles. The molecule has 0 aromatic heterocycles. The Balaban J connectivity index is 3.35. The van der Waals surface area contributed by atoms with Crippen LogP contribution in [0, 0.1) is 0 Å². The van der Waals surface area contributed by atoms with Crippen LogP contribution in [-0.4, -0.2) is 19.6 Å². The number of nitrogens with one attached hydrogen (secondary N) is 1. The van der Waals surface area contributed by atoms with Crippen molar-refractivity contribution in [2.24, 2.45) is 0 Å². The lowest BCUT2D eigenvalue weighted by atomic mass is 10.0. The summed E-state index contributed by atoms with van der Waals surface area (Å²) in [5, 5.41) is 2.37. The van der Waals surface area contributed by atoms with E-state index < -0.39 is 17.7 Å². The molecule has 0 bridgehead atoms. The van der Waals surface area contributed by atoms with Gasteiger partial charge in [-0.2, -0.15) is 13.2 Å². The smallest absolute Gasteiger partial charge is 0.416 e. The van der Waals surface area contributed by atoms with E-state index in [9.17, 15) is 18.0 Å². The zero-order valence-electron chi connectivity index (χ0n) is 10.4. The molecular formula is C12H13ClF3NO2. The highest BCUT2D eigenvalue weighted by Gasteiger charge is 2.35. The van der Waals surface area contributed by atoms with E-state index in [0.29, 0.717) is 0 Å². The second-order valence-electron chi connectivity index (χ2n) is 3.70. The number of benzene rings is 1. The van der Waals surface area contributed by atoms with Crippen LogP contribution in [0.4, 0.5) is 13.2 Å². The lowest BCUT2D eigenvalue weighted by Crippen LogP contribution is -2.17. The zero-order chi connectivity index (χ0) is 14.6. The SMILES string of the molecule is CCOC(=O)c1ccc(C(F)(F)F)c(CNC)c1Cl. The van der Waals surface area contributed by atoms with E-state index in [0.717, 1.165) is 12.1 Å². The number of esters is 1. The van der Waals surface area contributed by atoms with E-state index >= 15 is 0 Å². The Morgan fingerprint density at radius 3 is 2.53 bits per heavy atom. The first kappa shape index (κ1) is 15.8. The predicted molar refractivity (Wildman–Crippen MR) is 65.2 cm³/mol. The highest BCUT2D eigenvalue weighted by Crippen LogP contribution is 2.36. The fraction of sp³-hybridized carbons (Fsp3) is 0.417. The van der Waals surface area contributed by atoms with Gasteiger partial charge < -0.3 is 10.1 Å². The molecule has 1 aromatic rings. The number of carbonyl (C=O) groups excluding carboxylic acids is 1. The van der Waals surface area contributed by atoms with Gasteiger partial charge in [0.2, 0.25) is 0 Å². The molecule has 1 rings (SSSR count). The predicted octanol–water partition coefficient (Wildman–Crippen LogP) is 3.25. The van der Waals surface area contributed by atoms with E-state index in [1.54, 1.807) is 6.92 Å². The van der Waals surface area contributed by atoms with E-state index in [2.05, 4.69) is 5.32 Å². The molecule has 0 aliphatic carbocycles. The van der Waals surface area contributed by atoms with E-state index in [1.807, 2.05) is 0 Å². The maximum atomic E-state index is 12.8. The van der Waals surface area contributed by atoms with Gasteiger partial charge in [0.25, 0.3) is 0 Å². The zero-order valence-corrected chi connectivity index (χ0v) is 11.2. The molecule has 3 nitrogen and oxygen atoms in total. The molecule has 7 heteroatoms. The average molecular weight is 296 g/mol. The van der Waals surface area contributed by atoms with Crippen LogP contribution >= 0.6 is 11.6 Å². The maximum Gasteiger partial charge on any atom is 0.416 e. The van der Waals surface area contributed by atoms with Crippen molar-refractivity contribution in [3.8, 4) is 0 Å². The molecule has 0 radical (unpaired) electrons. The molecule has 1 N–H and O–H groups in total. The van der Waals surface area contributed by atoms with Gasteiger partial charge in [-0.1, -0.05) is 11.6 Å². The summed E-state index contributed by atoms with van der Waals surface area (Å²) in [6.45, 7) is 1.63. The summed E-state index contributed by atoms with van der Waals surface area (Å²) in [5.41, 5.74) is -1.09. The summed E-state index contributed by atoms with van der Waals surface area (Å²) >= 11 is 5.89. The van der Waals surface area contributed by atoms with Crippen molar-refractivity contribution in [1.82, 2.24) is 5.32 Å². The van der Waals surface area contributed by atoms with Crippen molar-refractivity contribution in [1.29, 1.82) is 0 Å². The summed E-state index contributed by atoms with van der Waals surface area (Å²) in [7, 11) is 1.49. The first-order chi connectivity index (χ1) is 8.82. The van der Waals surface area contributed by atoms with Crippen LogP contribution in [0.15, 0.2) is 12.1 Å². The standard InChI is InChI=1S/C12H13ClF3NO2/c1-3-19-11(18)7-4-5-9(12(14,15)16)8(6-17-2)10(7)13/h4-5,17H,3,6H2,1-2H3. The highest BCUT2D eigenvalue weighted by molar-refractivity contribution is 6.34. The number of hydrogen-bond donors (Lipinski definition) is 1. The minimum Gasteiger partial charge on any atom is -0.462 e. The summed E-state index contributed by atoms with van der Waals surface area (Å²) in [6.07, 6.45) is -4.52. The molecule has 0 saturated carbocycles. The van der Waals surface area contributed by atoms with Gasteiger partial charge in [-0.25, -0.2) is 4.79 Å². The van der Waals surface area contributed by atoms with Crippen molar-refractivity contribution in [3.63, 3.8) is 0 Å². The molecule has 0 heterocycles. The molecule has 0 fully saturated rings. The average Bonchev–Trinajstić information content (AvgIpc) is 2.30. The minimum atomic E-state index is -4.52. The van der Waals surface area contributed by atoms with Crippen LogP contribution in [0.5, 0.6) is 0 Å². The molecule has 0 spiro atoms. The molecule has 106 valence electrons. The largest absolute Gasteiger partial charge is 0.462 e. The molecular weight excluding hydrogens is 283 g/mol. The number of rotatable bonds is 4. The van der Waals surface area contributed by atoms with Crippen LogP contribution in [0.1, 0.15) is 28.4 Å². The Hall–Kier alpha value is -1.27. The molecule has 1 aromatic carbocycles. The van der Waals surface area contributed by atoms with Crippen molar-refractivity contribution >= 4 is 17.6 Å². The van der Waals surface area contributed by atoms with Crippen molar-refractivity contribution in [2.45, 2.75) is 19.6 Å². The van der Waals surface area contributed by atoms with Gasteiger partial charge in [-0.05, 0) is 31.7 Å². The van der Waals surface area contributed by atoms with Gasteiger partial charge >= 0.3 is 12.1 Å². The van der Waals surface area contributed by atoms with Gasteiger partial charge in [-0.3, -0.25) is 0 Å². The first-order valence-electron chi connectivity index (χ1n) is 5.53. The Labute approximate surface area is 113 Å². The van der Waals surface area contributed by atoms with Crippen LogP contribution in [-0.2, 0) is 17.5 Å². The Bertz CT molecular complexity index is 475. The lowest BCUT2D eigenvalue weighted by Gasteiger charge is -2.16. The molecule has 19 heavy (non-hydrogen) atoms. The topological polar surface area (TPSA) is 38.3 Å². The van der Waals surface area contributed by atoms with Crippen molar-refractivity contribution in [3.05, 3.63) is 33.8 Å². The van der Waals surface area contributed by atoms with Crippen molar-refractivity contribution in [2.75, 3.05) is 13.7 Å². The normalized spacial score (nSPS) is 11.5. The number of halogens is 4. The lowest BCUT2D eigenvalue weighted by molar-refractivity contribution is -0.138. The monoisotopic (exact) mass is 295 g/mol. The third kappa shape index (κ3) is 3.61. The van der Waals surface area contributed by atoms with Gasteiger partial charge in [0.15, 0.2) is 0 Å². The van der Waals surface area contributed by atoms with Crippen LogP contribution < -0.4 is 5.32 Å². The maximum absolute atomic E-state index is 12.8.